The van der Waals surface area contributed by atoms with E-state index in [1.165, 1.54) is 16.9 Å². The number of fused-ring (bicyclic) bond motifs is 2. The van der Waals surface area contributed by atoms with Crippen molar-refractivity contribution in [2.75, 3.05) is 0 Å². The summed E-state index contributed by atoms with van der Waals surface area (Å²) in [5, 5.41) is 0. The van der Waals surface area contributed by atoms with Crippen molar-refractivity contribution in [1.29, 1.82) is 0 Å². The van der Waals surface area contributed by atoms with E-state index in [-0.39, 0.29) is 5.41 Å². The predicted octanol–water partition coefficient (Wildman–Crippen LogP) is 3.92. The van der Waals surface area contributed by atoms with Crippen molar-refractivity contribution in [1.82, 2.24) is 0 Å². The van der Waals surface area contributed by atoms with Gasteiger partial charge in [0, 0.05) is 12.8 Å². The van der Waals surface area contributed by atoms with Gasteiger partial charge < -0.3 is 4.74 Å². The van der Waals surface area contributed by atoms with Gasteiger partial charge in [0.1, 0.15) is 5.78 Å². The van der Waals surface area contributed by atoms with Crippen molar-refractivity contribution in [2.24, 2.45) is 5.41 Å². The van der Waals surface area contributed by atoms with Gasteiger partial charge >= 0.3 is 0 Å². The lowest BCUT2D eigenvalue weighted by Crippen LogP contribution is -2.34. The minimum Gasteiger partial charge on any atom is -0.494 e. The van der Waals surface area contributed by atoms with Gasteiger partial charge in [0.05, 0.1) is 17.3 Å². The molecule has 0 N–H and O–H groups in total. The lowest BCUT2D eigenvalue weighted by Gasteiger charge is -2.40. The topological polar surface area (TPSA) is 26.3 Å². The summed E-state index contributed by atoms with van der Waals surface area (Å²) < 4.78 is 6.10. The van der Waals surface area contributed by atoms with Gasteiger partial charge in [-0.3, -0.25) is 4.79 Å². The third-order valence-electron chi connectivity index (χ3n) is 5.07. The van der Waals surface area contributed by atoms with Gasteiger partial charge in [-0.1, -0.05) is 19.9 Å². The highest BCUT2D eigenvalue weighted by molar-refractivity contribution is 5.94. The Balaban J connectivity index is 1.97. The molecule has 98 valence electrons. The largest absolute Gasteiger partial charge is 0.494 e. The monoisotopic (exact) mass is 246 g/mol. The second-order valence-electron chi connectivity index (χ2n) is 5.77. The summed E-state index contributed by atoms with van der Waals surface area (Å²) in [6.45, 7) is 4.34. The Morgan fingerprint density at radius 2 is 2.22 bits per heavy atom. The van der Waals surface area contributed by atoms with Gasteiger partial charge in [-0.2, -0.15) is 0 Å². The molecule has 0 radical (unpaired) electrons. The molecule has 0 saturated heterocycles. The van der Waals surface area contributed by atoms with Gasteiger partial charge in [0.15, 0.2) is 0 Å². The van der Waals surface area contributed by atoms with Crippen LogP contribution < -0.4 is 0 Å². The molecule has 1 aliphatic heterocycles. The molecular formula is C16H22O2. The molecular weight excluding hydrogens is 224 g/mol. The minimum atomic E-state index is -0.152. The first kappa shape index (κ1) is 12.0. The predicted molar refractivity (Wildman–Crippen MR) is 71.1 cm³/mol. The van der Waals surface area contributed by atoms with Crippen LogP contribution in [0.1, 0.15) is 58.8 Å². The SMILES string of the molecule is CCC1CCC2=C(CCC3(CC)C(=O)CC=C23)O1. The first-order valence-electron chi connectivity index (χ1n) is 7.34. The summed E-state index contributed by atoms with van der Waals surface area (Å²) in [4.78, 5) is 12.2. The van der Waals surface area contributed by atoms with Crippen LogP contribution >= 0.6 is 0 Å². The van der Waals surface area contributed by atoms with Crippen molar-refractivity contribution in [3.63, 3.8) is 0 Å². The van der Waals surface area contributed by atoms with Crippen LogP contribution in [0.5, 0.6) is 0 Å². The fourth-order valence-corrected chi connectivity index (χ4v) is 3.87. The Morgan fingerprint density at radius 3 is 2.94 bits per heavy atom. The molecule has 2 atom stereocenters. The molecule has 1 heterocycles. The fourth-order valence-electron chi connectivity index (χ4n) is 3.87. The van der Waals surface area contributed by atoms with Crippen LogP contribution in [-0.2, 0) is 9.53 Å². The maximum absolute atomic E-state index is 12.2. The Kier molecular flexibility index (Phi) is 2.84. The molecule has 0 fully saturated rings. The maximum Gasteiger partial charge on any atom is 0.147 e. The lowest BCUT2D eigenvalue weighted by atomic mass is 9.67. The molecule has 0 aromatic rings. The molecule has 2 nitrogen and oxygen atoms in total. The van der Waals surface area contributed by atoms with Crippen LogP contribution in [0, 0.1) is 5.41 Å². The smallest absolute Gasteiger partial charge is 0.147 e. The molecule has 0 saturated carbocycles. The summed E-state index contributed by atoms with van der Waals surface area (Å²) in [6.07, 6.45) is 9.39. The van der Waals surface area contributed by atoms with Crippen LogP contribution in [0.25, 0.3) is 0 Å². The summed E-state index contributed by atoms with van der Waals surface area (Å²) >= 11 is 0. The van der Waals surface area contributed by atoms with Gasteiger partial charge in [-0.15, -0.1) is 0 Å². The van der Waals surface area contributed by atoms with E-state index < -0.39 is 0 Å². The maximum atomic E-state index is 12.2. The van der Waals surface area contributed by atoms with E-state index in [0.717, 1.165) is 38.5 Å². The van der Waals surface area contributed by atoms with E-state index in [9.17, 15) is 4.79 Å². The lowest BCUT2D eigenvalue weighted by molar-refractivity contribution is -0.125. The Bertz CT molecular complexity index is 444. The molecule has 18 heavy (non-hydrogen) atoms. The number of rotatable bonds is 2. The Labute approximate surface area is 109 Å². The van der Waals surface area contributed by atoms with Crippen molar-refractivity contribution in [2.45, 2.75) is 64.9 Å². The zero-order valence-electron chi connectivity index (χ0n) is 11.4. The van der Waals surface area contributed by atoms with Crippen molar-refractivity contribution in [3.05, 3.63) is 23.0 Å². The highest BCUT2D eigenvalue weighted by Gasteiger charge is 2.48. The number of Topliss-reactive ketones (excluding diaryl/α,β-unsaturated/α-hetero) is 1. The van der Waals surface area contributed by atoms with Gasteiger partial charge in [0.2, 0.25) is 0 Å². The number of ketones is 1. The standard InChI is InChI=1S/C16H22O2/c1-3-11-5-6-12-13-7-8-15(17)16(13,4-2)10-9-14(12)18-11/h7,11H,3-6,8-10H2,1-2H3. The van der Waals surface area contributed by atoms with E-state index in [1.807, 2.05) is 0 Å². The van der Waals surface area contributed by atoms with Gasteiger partial charge in [-0.25, -0.2) is 0 Å². The molecule has 0 spiro atoms. The summed E-state index contributed by atoms with van der Waals surface area (Å²) in [5.74, 6) is 1.63. The van der Waals surface area contributed by atoms with Crippen LogP contribution in [-0.4, -0.2) is 11.9 Å². The number of ether oxygens (including phenoxy) is 1. The first-order chi connectivity index (χ1) is 8.71. The number of carbonyl (C=O) groups is 1. The van der Waals surface area contributed by atoms with Gasteiger partial charge in [0.25, 0.3) is 0 Å². The van der Waals surface area contributed by atoms with Crippen molar-refractivity contribution in [3.8, 4) is 0 Å². The summed E-state index contributed by atoms with van der Waals surface area (Å²) in [5.41, 5.74) is 2.55. The first-order valence-corrected chi connectivity index (χ1v) is 7.34. The summed E-state index contributed by atoms with van der Waals surface area (Å²) in [6, 6.07) is 0. The van der Waals surface area contributed by atoms with Crippen LogP contribution in [0.15, 0.2) is 23.0 Å². The van der Waals surface area contributed by atoms with E-state index in [1.54, 1.807) is 0 Å². The zero-order valence-corrected chi connectivity index (χ0v) is 11.4. The highest BCUT2D eigenvalue weighted by Crippen LogP contribution is 2.53. The fraction of sp³-hybridized carbons (Fsp3) is 0.688. The van der Waals surface area contributed by atoms with E-state index in [2.05, 4.69) is 19.9 Å². The molecule has 0 aromatic heterocycles. The molecule has 0 aromatic carbocycles. The molecule has 3 aliphatic rings. The Morgan fingerprint density at radius 1 is 1.39 bits per heavy atom. The van der Waals surface area contributed by atoms with E-state index in [4.69, 9.17) is 4.74 Å². The van der Waals surface area contributed by atoms with Crippen molar-refractivity contribution >= 4 is 5.78 Å². The van der Waals surface area contributed by atoms with Crippen LogP contribution in [0.3, 0.4) is 0 Å². The molecule has 2 aliphatic carbocycles. The second kappa shape index (κ2) is 4.25. The average Bonchev–Trinajstić information content (AvgIpc) is 2.76. The average molecular weight is 246 g/mol. The molecule has 2 heteroatoms. The highest BCUT2D eigenvalue weighted by atomic mass is 16.5. The third-order valence-corrected chi connectivity index (χ3v) is 5.07. The van der Waals surface area contributed by atoms with E-state index >= 15 is 0 Å². The third kappa shape index (κ3) is 1.51. The molecule has 0 amide bonds. The van der Waals surface area contributed by atoms with Crippen LogP contribution in [0.2, 0.25) is 0 Å². The second-order valence-corrected chi connectivity index (χ2v) is 5.77. The van der Waals surface area contributed by atoms with Crippen molar-refractivity contribution < 1.29 is 9.53 Å². The van der Waals surface area contributed by atoms with E-state index in [0.29, 0.717) is 18.3 Å². The minimum absolute atomic E-state index is 0.152. The molecule has 0 bridgehead atoms. The van der Waals surface area contributed by atoms with Gasteiger partial charge in [-0.05, 0) is 43.3 Å². The normalized spacial score (nSPS) is 34.9. The number of carbonyl (C=O) groups excluding carboxylic acids is 1. The molecule has 3 rings (SSSR count). The zero-order chi connectivity index (χ0) is 12.8. The Hall–Kier alpha value is -1.05. The number of hydrogen-bond acceptors (Lipinski definition) is 2. The number of hydrogen-bond donors (Lipinski definition) is 0. The number of allylic oxidation sites excluding steroid dienone is 4. The summed E-state index contributed by atoms with van der Waals surface area (Å²) in [7, 11) is 0. The molecule has 2 unspecified atom stereocenters. The quantitative estimate of drug-likeness (QED) is 0.738. The van der Waals surface area contributed by atoms with Crippen LogP contribution in [0.4, 0.5) is 0 Å².